The molecule has 0 unspecified atom stereocenters. The van der Waals surface area contributed by atoms with Gasteiger partial charge in [0.2, 0.25) is 5.75 Å². The monoisotopic (exact) mass is 408 g/mol. The van der Waals surface area contributed by atoms with Crippen LogP contribution in [-0.4, -0.2) is 47.4 Å². The van der Waals surface area contributed by atoms with Crippen LogP contribution >= 0.6 is 11.8 Å². The lowest BCUT2D eigenvalue weighted by Gasteiger charge is -2.13. The average molecular weight is 408 g/mol. The molecule has 2 aromatic carbocycles. The van der Waals surface area contributed by atoms with Gasteiger partial charge in [-0.25, -0.2) is 0 Å². The highest BCUT2D eigenvalue weighted by Crippen LogP contribution is 2.40. The summed E-state index contributed by atoms with van der Waals surface area (Å²) in [4.78, 5) is 1.21. The summed E-state index contributed by atoms with van der Waals surface area (Å²) in [6, 6.07) is 15.8. The molecule has 0 aliphatic rings. The van der Waals surface area contributed by atoms with Gasteiger partial charge < -0.3 is 14.2 Å². The van der Waals surface area contributed by atoms with Crippen molar-refractivity contribution in [1.29, 1.82) is 0 Å². The maximum absolute atomic E-state index is 5.46. The van der Waals surface area contributed by atoms with Crippen molar-refractivity contribution >= 4 is 17.4 Å². The molecule has 4 rings (SSSR count). The van der Waals surface area contributed by atoms with Crippen LogP contribution in [0.5, 0.6) is 17.2 Å². The van der Waals surface area contributed by atoms with Crippen LogP contribution in [0.3, 0.4) is 0 Å². The summed E-state index contributed by atoms with van der Waals surface area (Å²) in [5, 5.41) is 13.3. The molecule has 2 heterocycles. The molecule has 2 aromatic heterocycles. The Hall–Kier alpha value is -3.26. The van der Waals surface area contributed by atoms with Crippen LogP contribution in [-0.2, 0) is 0 Å². The molecule has 0 amide bonds. The minimum atomic E-state index is 0.523. The molecule has 4 aromatic rings. The number of nitrogens with zero attached hydrogens (tertiary/aromatic N) is 4. The zero-order valence-electron chi connectivity index (χ0n) is 16.5. The molecule has 0 bridgehead atoms. The minimum absolute atomic E-state index is 0.523. The molecule has 0 N–H and O–H groups in total. The normalized spacial score (nSPS) is 10.9. The maximum atomic E-state index is 5.46. The van der Waals surface area contributed by atoms with Crippen molar-refractivity contribution in [1.82, 2.24) is 19.8 Å². The molecule has 0 saturated carbocycles. The van der Waals surface area contributed by atoms with Gasteiger partial charge >= 0.3 is 0 Å². The summed E-state index contributed by atoms with van der Waals surface area (Å²) in [6.45, 7) is 0. The van der Waals surface area contributed by atoms with Crippen molar-refractivity contribution in [2.75, 3.05) is 27.6 Å². The zero-order valence-corrected chi connectivity index (χ0v) is 17.4. The largest absolute Gasteiger partial charge is 0.493 e. The van der Waals surface area contributed by atoms with Crippen LogP contribution in [0.1, 0.15) is 0 Å². The lowest BCUT2D eigenvalue weighted by atomic mass is 10.1. The Kier molecular flexibility index (Phi) is 5.26. The molecule has 0 aliphatic heterocycles. The summed E-state index contributed by atoms with van der Waals surface area (Å²) in [5.74, 6) is 2.20. The third-order valence-corrected chi connectivity index (χ3v) is 5.32. The molecule has 29 heavy (non-hydrogen) atoms. The van der Waals surface area contributed by atoms with E-state index < -0.39 is 0 Å². The van der Waals surface area contributed by atoms with E-state index in [0.717, 1.165) is 16.8 Å². The second kappa shape index (κ2) is 8.00. The number of methoxy groups -OCH3 is 3. The molecule has 0 saturated heterocycles. The lowest BCUT2D eigenvalue weighted by molar-refractivity contribution is 0.324. The number of aromatic nitrogens is 4. The summed E-state index contributed by atoms with van der Waals surface area (Å²) in [6.07, 6.45) is 2.06. The van der Waals surface area contributed by atoms with Gasteiger partial charge in [0.15, 0.2) is 23.0 Å². The second-order valence-electron chi connectivity index (χ2n) is 6.15. The molecule has 7 nitrogen and oxygen atoms in total. The first-order valence-electron chi connectivity index (χ1n) is 8.85. The molecule has 148 valence electrons. The molecular weight excluding hydrogens is 388 g/mol. The Morgan fingerprint density at radius 3 is 2.07 bits per heavy atom. The van der Waals surface area contributed by atoms with Gasteiger partial charge in [-0.3, -0.25) is 0 Å². The standard InChI is InChI=1S/C21H20N4O3S/c1-26-17-11-14(12-18(27-2)20(17)28-3)21-23-22-19-10-9-16(24-25(19)21)13-5-7-15(29-4)8-6-13/h5-12H,1-4H3. The van der Waals surface area contributed by atoms with Gasteiger partial charge in [0.25, 0.3) is 0 Å². The smallest absolute Gasteiger partial charge is 0.203 e. The van der Waals surface area contributed by atoms with E-state index in [1.807, 2.05) is 24.3 Å². The highest BCUT2D eigenvalue weighted by molar-refractivity contribution is 7.98. The fraction of sp³-hybridized carbons (Fsp3) is 0.190. The third-order valence-electron chi connectivity index (χ3n) is 4.57. The molecule has 0 fully saturated rings. The molecule has 0 spiro atoms. The molecule has 0 atom stereocenters. The van der Waals surface area contributed by atoms with Crippen molar-refractivity contribution in [2.45, 2.75) is 4.90 Å². The lowest BCUT2D eigenvalue weighted by Crippen LogP contribution is -1.99. The van der Waals surface area contributed by atoms with E-state index in [2.05, 4.69) is 40.7 Å². The van der Waals surface area contributed by atoms with Crippen LogP contribution in [0, 0.1) is 0 Å². The average Bonchev–Trinajstić information content (AvgIpc) is 3.21. The van der Waals surface area contributed by atoms with E-state index in [-0.39, 0.29) is 0 Å². The van der Waals surface area contributed by atoms with Gasteiger partial charge in [-0.05, 0) is 42.7 Å². The fourth-order valence-corrected chi connectivity index (χ4v) is 3.50. The van der Waals surface area contributed by atoms with Gasteiger partial charge in [0.05, 0.1) is 27.0 Å². The van der Waals surface area contributed by atoms with Crippen LogP contribution in [0.2, 0.25) is 0 Å². The highest BCUT2D eigenvalue weighted by atomic mass is 32.2. The van der Waals surface area contributed by atoms with Crippen molar-refractivity contribution in [3.8, 4) is 39.9 Å². The van der Waals surface area contributed by atoms with Crippen molar-refractivity contribution in [2.24, 2.45) is 0 Å². The maximum Gasteiger partial charge on any atom is 0.203 e. The van der Waals surface area contributed by atoms with Crippen LogP contribution in [0.25, 0.3) is 28.3 Å². The molecule has 8 heteroatoms. The number of hydrogen-bond acceptors (Lipinski definition) is 7. The van der Waals surface area contributed by atoms with Crippen molar-refractivity contribution < 1.29 is 14.2 Å². The van der Waals surface area contributed by atoms with Gasteiger partial charge in [-0.15, -0.1) is 22.0 Å². The van der Waals surface area contributed by atoms with Gasteiger partial charge in [-0.2, -0.15) is 9.61 Å². The Morgan fingerprint density at radius 2 is 1.48 bits per heavy atom. The number of rotatable bonds is 6. The highest BCUT2D eigenvalue weighted by Gasteiger charge is 2.18. The van der Waals surface area contributed by atoms with E-state index in [1.54, 1.807) is 37.6 Å². The van der Waals surface area contributed by atoms with Gasteiger partial charge in [0.1, 0.15) is 0 Å². The van der Waals surface area contributed by atoms with Crippen LogP contribution in [0.4, 0.5) is 0 Å². The van der Waals surface area contributed by atoms with E-state index in [0.29, 0.717) is 28.7 Å². The van der Waals surface area contributed by atoms with Crippen LogP contribution < -0.4 is 14.2 Å². The number of fused-ring (bicyclic) bond motifs is 1. The Bertz CT molecular complexity index is 1130. The number of benzene rings is 2. The first-order chi connectivity index (χ1) is 14.2. The van der Waals surface area contributed by atoms with E-state index in [4.69, 9.17) is 19.3 Å². The summed E-state index contributed by atoms with van der Waals surface area (Å²) < 4.78 is 18.0. The van der Waals surface area contributed by atoms with E-state index >= 15 is 0 Å². The Morgan fingerprint density at radius 1 is 0.793 bits per heavy atom. The minimum Gasteiger partial charge on any atom is -0.493 e. The van der Waals surface area contributed by atoms with Gasteiger partial charge in [0, 0.05) is 16.0 Å². The second-order valence-corrected chi connectivity index (χ2v) is 7.03. The molecule has 0 radical (unpaired) electrons. The van der Waals surface area contributed by atoms with Crippen LogP contribution in [0.15, 0.2) is 53.4 Å². The SMILES string of the molecule is COc1cc(-c2nnc3ccc(-c4ccc(SC)cc4)nn23)cc(OC)c1OC. The third kappa shape index (κ3) is 3.47. The van der Waals surface area contributed by atoms with E-state index in [1.165, 1.54) is 4.90 Å². The van der Waals surface area contributed by atoms with Crippen molar-refractivity contribution in [3.63, 3.8) is 0 Å². The zero-order chi connectivity index (χ0) is 20.4. The number of hydrogen-bond donors (Lipinski definition) is 0. The predicted octanol–water partition coefficient (Wildman–Crippen LogP) is 4.21. The van der Waals surface area contributed by atoms with Gasteiger partial charge in [-0.1, -0.05) is 12.1 Å². The fourth-order valence-electron chi connectivity index (χ4n) is 3.09. The topological polar surface area (TPSA) is 70.8 Å². The summed E-state index contributed by atoms with van der Waals surface area (Å²) in [5.41, 5.74) is 3.26. The Balaban J connectivity index is 1.84. The summed E-state index contributed by atoms with van der Waals surface area (Å²) in [7, 11) is 4.73. The summed E-state index contributed by atoms with van der Waals surface area (Å²) >= 11 is 1.71. The Labute approximate surface area is 172 Å². The van der Waals surface area contributed by atoms with E-state index in [9.17, 15) is 0 Å². The predicted molar refractivity (Wildman–Crippen MR) is 113 cm³/mol. The number of thioether (sulfide) groups is 1. The van der Waals surface area contributed by atoms with Crippen molar-refractivity contribution in [3.05, 3.63) is 48.5 Å². The molecule has 0 aliphatic carbocycles. The molecular formula is C21H20N4O3S. The number of ether oxygens (including phenoxy) is 3. The first kappa shape index (κ1) is 19.1. The first-order valence-corrected chi connectivity index (χ1v) is 10.1. The quantitative estimate of drug-likeness (QED) is 0.443.